The lowest BCUT2D eigenvalue weighted by molar-refractivity contribution is -0.137. The van der Waals surface area contributed by atoms with Gasteiger partial charge in [-0.15, -0.1) is 0 Å². The van der Waals surface area contributed by atoms with Crippen LogP contribution < -0.4 is 5.32 Å². The standard InChI is InChI=1S/C17H25F3N2/c1-2-3-5-16(22-12-4-10-21-11-13-22)14-6-8-15(9-7-14)17(18,19)20/h6-9,16,21H,2-5,10-13H2,1H3. The molecule has 0 amide bonds. The highest BCUT2D eigenvalue weighted by Gasteiger charge is 2.30. The van der Waals surface area contributed by atoms with Crippen molar-refractivity contribution in [2.45, 2.75) is 44.8 Å². The third-order valence-corrected chi connectivity index (χ3v) is 4.27. The SMILES string of the molecule is CCCCC(c1ccc(C(F)(F)F)cc1)N1CCCNCC1. The van der Waals surface area contributed by atoms with E-state index in [4.69, 9.17) is 0 Å². The molecular formula is C17H25F3N2. The number of hydrogen-bond donors (Lipinski definition) is 1. The summed E-state index contributed by atoms with van der Waals surface area (Å²) in [5, 5.41) is 3.38. The van der Waals surface area contributed by atoms with Crippen LogP contribution in [0, 0.1) is 0 Å². The first-order valence-electron chi connectivity index (χ1n) is 8.14. The smallest absolute Gasteiger partial charge is 0.315 e. The number of rotatable bonds is 5. The van der Waals surface area contributed by atoms with Gasteiger partial charge in [0, 0.05) is 25.7 Å². The van der Waals surface area contributed by atoms with E-state index in [-0.39, 0.29) is 6.04 Å². The van der Waals surface area contributed by atoms with Crippen LogP contribution in [0.1, 0.15) is 49.8 Å². The summed E-state index contributed by atoms with van der Waals surface area (Å²) in [4.78, 5) is 2.41. The zero-order valence-electron chi connectivity index (χ0n) is 13.1. The Hall–Kier alpha value is -1.07. The van der Waals surface area contributed by atoms with E-state index in [0.29, 0.717) is 0 Å². The van der Waals surface area contributed by atoms with E-state index < -0.39 is 11.7 Å². The summed E-state index contributed by atoms with van der Waals surface area (Å²) in [5.74, 6) is 0. The minimum atomic E-state index is -4.26. The maximum absolute atomic E-state index is 12.7. The van der Waals surface area contributed by atoms with E-state index in [1.807, 2.05) is 0 Å². The van der Waals surface area contributed by atoms with E-state index in [0.717, 1.165) is 57.4 Å². The van der Waals surface area contributed by atoms with Gasteiger partial charge in [-0.2, -0.15) is 13.2 Å². The summed E-state index contributed by atoms with van der Waals surface area (Å²) in [6.07, 6.45) is 0.0218. The summed E-state index contributed by atoms with van der Waals surface area (Å²) in [6, 6.07) is 5.96. The Morgan fingerprint density at radius 2 is 1.86 bits per heavy atom. The van der Waals surface area contributed by atoms with Crippen LogP contribution in [0.25, 0.3) is 0 Å². The molecule has 1 saturated heterocycles. The normalized spacial score (nSPS) is 18.9. The quantitative estimate of drug-likeness (QED) is 0.875. The molecule has 1 aromatic rings. The Balaban J connectivity index is 2.16. The fourth-order valence-corrected chi connectivity index (χ4v) is 3.03. The van der Waals surface area contributed by atoms with Crippen molar-refractivity contribution in [1.29, 1.82) is 0 Å². The number of halogens is 3. The number of nitrogens with one attached hydrogen (secondary N) is 1. The molecule has 1 aliphatic heterocycles. The largest absolute Gasteiger partial charge is 0.416 e. The average Bonchev–Trinajstić information content (AvgIpc) is 2.76. The molecule has 124 valence electrons. The Bertz CT molecular complexity index is 434. The predicted molar refractivity (Wildman–Crippen MR) is 82.8 cm³/mol. The van der Waals surface area contributed by atoms with E-state index in [9.17, 15) is 13.2 Å². The van der Waals surface area contributed by atoms with Crippen molar-refractivity contribution < 1.29 is 13.2 Å². The van der Waals surface area contributed by atoms with Crippen LogP contribution in [0.4, 0.5) is 13.2 Å². The number of alkyl halides is 3. The molecule has 1 unspecified atom stereocenters. The molecule has 1 N–H and O–H groups in total. The molecule has 2 nitrogen and oxygen atoms in total. The third kappa shape index (κ3) is 4.71. The second kappa shape index (κ2) is 7.97. The molecule has 1 atom stereocenters. The van der Waals surface area contributed by atoms with Crippen molar-refractivity contribution in [3.63, 3.8) is 0 Å². The summed E-state index contributed by atoms with van der Waals surface area (Å²) >= 11 is 0. The van der Waals surface area contributed by atoms with Gasteiger partial charge in [-0.3, -0.25) is 4.90 Å². The van der Waals surface area contributed by atoms with Gasteiger partial charge in [0.15, 0.2) is 0 Å². The number of nitrogens with zero attached hydrogens (tertiary/aromatic N) is 1. The summed E-state index contributed by atoms with van der Waals surface area (Å²) < 4.78 is 38.1. The first-order chi connectivity index (χ1) is 10.5. The van der Waals surface area contributed by atoms with Gasteiger partial charge < -0.3 is 5.32 Å². The van der Waals surface area contributed by atoms with Crippen molar-refractivity contribution in [2.24, 2.45) is 0 Å². The molecule has 5 heteroatoms. The van der Waals surface area contributed by atoms with Crippen LogP contribution in [-0.2, 0) is 6.18 Å². The van der Waals surface area contributed by atoms with Crippen molar-refractivity contribution in [3.05, 3.63) is 35.4 Å². The second-order valence-corrected chi connectivity index (χ2v) is 5.92. The molecule has 2 rings (SSSR count). The van der Waals surface area contributed by atoms with E-state index in [1.54, 1.807) is 12.1 Å². The van der Waals surface area contributed by atoms with Crippen LogP contribution in [0.3, 0.4) is 0 Å². The Morgan fingerprint density at radius 1 is 1.14 bits per heavy atom. The minimum absolute atomic E-state index is 0.224. The fraction of sp³-hybridized carbons (Fsp3) is 0.647. The molecule has 0 spiro atoms. The topological polar surface area (TPSA) is 15.3 Å². The highest BCUT2D eigenvalue weighted by molar-refractivity contribution is 5.27. The Morgan fingerprint density at radius 3 is 2.50 bits per heavy atom. The zero-order chi connectivity index (χ0) is 16.0. The van der Waals surface area contributed by atoms with Gasteiger partial charge in [0.25, 0.3) is 0 Å². The monoisotopic (exact) mass is 314 g/mol. The first kappa shape index (κ1) is 17.3. The molecule has 1 fully saturated rings. The van der Waals surface area contributed by atoms with Crippen LogP contribution in [0.5, 0.6) is 0 Å². The Labute approximate surface area is 130 Å². The summed E-state index contributed by atoms with van der Waals surface area (Å²) in [5.41, 5.74) is 0.436. The van der Waals surface area contributed by atoms with Crippen LogP contribution in [0.15, 0.2) is 24.3 Å². The molecule has 1 heterocycles. The zero-order valence-corrected chi connectivity index (χ0v) is 13.1. The molecule has 0 saturated carbocycles. The highest BCUT2D eigenvalue weighted by Crippen LogP contribution is 2.32. The molecular weight excluding hydrogens is 289 g/mol. The lowest BCUT2D eigenvalue weighted by Crippen LogP contribution is -2.32. The van der Waals surface area contributed by atoms with Gasteiger partial charge >= 0.3 is 6.18 Å². The van der Waals surface area contributed by atoms with Gasteiger partial charge in [-0.05, 0) is 37.1 Å². The maximum Gasteiger partial charge on any atom is 0.416 e. The van der Waals surface area contributed by atoms with Crippen molar-refractivity contribution in [3.8, 4) is 0 Å². The molecule has 0 aliphatic carbocycles. The predicted octanol–water partition coefficient (Wildman–Crippen LogP) is 4.23. The number of unbranched alkanes of at least 4 members (excludes halogenated alkanes) is 1. The third-order valence-electron chi connectivity index (χ3n) is 4.27. The second-order valence-electron chi connectivity index (χ2n) is 5.92. The van der Waals surface area contributed by atoms with Crippen LogP contribution >= 0.6 is 0 Å². The molecule has 0 aromatic heterocycles. The van der Waals surface area contributed by atoms with Crippen molar-refractivity contribution in [2.75, 3.05) is 26.2 Å². The van der Waals surface area contributed by atoms with E-state index in [1.165, 1.54) is 12.1 Å². The van der Waals surface area contributed by atoms with Crippen molar-refractivity contribution >= 4 is 0 Å². The minimum Gasteiger partial charge on any atom is -0.315 e. The van der Waals surface area contributed by atoms with Crippen LogP contribution in [0.2, 0.25) is 0 Å². The lowest BCUT2D eigenvalue weighted by Gasteiger charge is -2.31. The maximum atomic E-state index is 12.7. The van der Waals surface area contributed by atoms with Gasteiger partial charge in [-0.1, -0.05) is 31.9 Å². The molecule has 22 heavy (non-hydrogen) atoms. The number of hydrogen-bond acceptors (Lipinski definition) is 2. The molecule has 1 aliphatic rings. The lowest BCUT2D eigenvalue weighted by atomic mass is 9.98. The first-order valence-corrected chi connectivity index (χ1v) is 8.14. The summed E-state index contributed by atoms with van der Waals surface area (Å²) in [7, 11) is 0. The summed E-state index contributed by atoms with van der Waals surface area (Å²) in [6.45, 7) is 6.07. The van der Waals surface area contributed by atoms with Gasteiger partial charge in [-0.25, -0.2) is 0 Å². The van der Waals surface area contributed by atoms with Crippen LogP contribution in [-0.4, -0.2) is 31.1 Å². The van der Waals surface area contributed by atoms with Crippen molar-refractivity contribution in [1.82, 2.24) is 10.2 Å². The van der Waals surface area contributed by atoms with E-state index in [2.05, 4.69) is 17.1 Å². The van der Waals surface area contributed by atoms with Gasteiger partial charge in [0.1, 0.15) is 0 Å². The highest BCUT2D eigenvalue weighted by atomic mass is 19.4. The Kier molecular flexibility index (Phi) is 6.26. The van der Waals surface area contributed by atoms with Gasteiger partial charge in [0.2, 0.25) is 0 Å². The molecule has 1 aromatic carbocycles. The fourth-order valence-electron chi connectivity index (χ4n) is 3.03. The van der Waals surface area contributed by atoms with E-state index >= 15 is 0 Å². The molecule has 0 bridgehead atoms. The number of benzene rings is 1. The van der Waals surface area contributed by atoms with Gasteiger partial charge in [0.05, 0.1) is 5.56 Å². The average molecular weight is 314 g/mol. The molecule has 0 radical (unpaired) electrons.